The Bertz CT molecular complexity index is 444. The lowest BCUT2D eigenvalue weighted by Gasteiger charge is -2.13. The molecule has 17 heavy (non-hydrogen) atoms. The van der Waals surface area contributed by atoms with Crippen molar-refractivity contribution in [3.05, 3.63) is 33.8 Å². The van der Waals surface area contributed by atoms with Gasteiger partial charge in [0.25, 0.3) is 5.91 Å². The maximum atomic E-state index is 11.9. The van der Waals surface area contributed by atoms with Crippen molar-refractivity contribution in [2.75, 3.05) is 13.1 Å². The molecule has 2 rings (SSSR count). The zero-order chi connectivity index (χ0) is 12.5. The van der Waals surface area contributed by atoms with E-state index < -0.39 is 0 Å². The minimum absolute atomic E-state index is 0.112. The summed E-state index contributed by atoms with van der Waals surface area (Å²) < 4.78 is 0. The molecule has 3 N–H and O–H groups in total. The summed E-state index contributed by atoms with van der Waals surface area (Å²) in [4.78, 5) is 11.9. The molecule has 0 radical (unpaired) electrons. The number of carbonyl (C=O) groups excluding carboxylic acids is 1. The molecule has 1 aliphatic carbocycles. The number of nitrogens with two attached hydrogens (primary N) is 1. The standard InChI is InChI=1S/C12H14Cl2N2O/c13-8-1-2-10(14)9(5-8)11(17)16-7-12(6-15)3-4-12/h1-2,5H,3-4,6-7,15H2,(H,16,17). The molecule has 0 bridgehead atoms. The van der Waals surface area contributed by atoms with Crippen molar-refractivity contribution in [1.29, 1.82) is 0 Å². The van der Waals surface area contributed by atoms with Crippen molar-refractivity contribution >= 4 is 29.1 Å². The lowest BCUT2D eigenvalue weighted by atomic mass is 10.1. The molecule has 0 heterocycles. The van der Waals surface area contributed by atoms with E-state index in [1.807, 2.05) is 0 Å². The number of amides is 1. The van der Waals surface area contributed by atoms with Crippen LogP contribution < -0.4 is 11.1 Å². The number of hydrogen-bond donors (Lipinski definition) is 2. The molecule has 0 aliphatic heterocycles. The molecular weight excluding hydrogens is 259 g/mol. The van der Waals surface area contributed by atoms with Gasteiger partial charge in [0, 0.05) is 17.0 Å². The summed E-state index contributed by atoms with van der Waals surface area (Å²) in [7, 11) is 0. The summed E-state index contributed by atoms with van der Waals surface area (Å²) in [6.07, 6.45) is 2.15. The van der Waals surface area contributed by atoms with Gasteiger partial charge in [-0.1, -0.05) is 23.2 Å². The Morgan fingerprint density at radius 3 is 2.71 bits per heavy atom. The van der Waals surface area contributed by atoms with Gasteiger partial charge < -0.3 is 11.1 Å². The van der Waals surface area contributed by atoms with E-state index in [9.17, 15) is 4.79 Å². The highest BCUT2D eigenvalue weighted by molar-refractivity contribution is 6.35. The van der Waals surface area contributed by atoms with Crippen molar-refractivity contribution in [2.45, 2.75) is 12.8 Å². The van der Waals surface area contributed by atoms with Crippen molar-refractivity contribution in [3.63, 3.8) is 0 Å². The largest absolute Gasteiger partial charge is 0.351 e. The molecule has 1 aromatic carbocycles. The van der Waals surface area contributed by atoms with E-state index in [2.05, 4.69) is 5.32 Å². The molecule has 1 aromatic rings. The predicted molar refractivity (Wildman–Crippen MR) is 69.5 cm³/mol. The molecule has 0 spiro atoms. The minimum Gasteiger partial charge on any atom is -0.351 e. The zero-order valence-electron chi connectivity index (χ0n) is 9.30. The second kappa shape index (κ2) is 4.84. The Balaban J connectivity index is 2.02. The monoisotopic (exact) mass is 272 g/mol. The summed E-state index contributed by atoms with van der Waals surface area (Å²) in [5.74, 6) is -0.197. The second-order valence-electron chi connectivity index (χ2n) is 4.51. The highest BCUT2D eigenvalue weighted by Gasteiger charge is 2.41. The quantitative estimate of drug-likeness (QED) is 0.885. The van der Waals surface area contributed by atoms with Crippen LogP contribution in [0.2, 0.25) is 10.0 Å². The van der Waals surface area contributed by atoms with Crippen molar-refractivity contribution in [1.82, 2.24) is 5.32 Å². The molecule has 1 amide bonds. The Morgan fingerprint density at radius 1 is 1.41 bits per heavy atom. The van der Waals surface area contributed by atoms with E-state index in [0.717, 1.165) is 12.8 Å². The lowest BCUT2D eigenvalue weighted by molar-refractivity contribution is 0.0945. The molecule has 1 fully saturated rings. The van der Waals surface area contributed by atoms with Crippen LogP contribution in [0.4, 0.5) is 0 Å². The van der Waals surface area contributed by atoms with Crippen LogP contribution in [-0.4, -0.2) is 19.0 Å². The highest BCUT2D eigenvalue weighted by Crippen LogP contribution is 2.43. The third-order valence-corrected chi connectivity index (χ3v) is 3.75. The number of rotatable bonds is 4. The fourth-order valence-corrected chi connectivity index (χ4v) is 2.04. The number of carbonyl (C=O) groups is 1. The Kier molecular flexibility index (Phi) is 3.61. The van der Waals surface area contributed by atoms with Crippen molar-refractivity contribution in [3.8, 4) is 0 Å². The molecule has 0 saturated heterocycles. The summed E-state index contributed by atoms with van der Waals surface area (Å²) in [6, 6.07) is 4.85. The normalized spacial score (nSPS) is 16.6. The predicted octanol–water partition coefficient (Wildman–Crippen LogP) is 2.46. The maximum absolute atomic E-state index is 11.9. The van der Waals surface area contributed by atoms with E-state index in [4.69, 9.17) is 28.9 Å². The molecule has 92 valence electrons. The molecule has 0 aromatic heterocycles. The summed E-state index contributed by atoms with van der Waals surface area (Å²) >= 11 is 11.8. The van der Waals surface area contributed by atoms with Crippen LogP contribution in [0.1, 0.15) is 23.2 Å². The first-order valence-electron chi connectivity index (χ1n) is 5.50. The van der Waals surface area contributed by atoms with Gasteiger partial charge in [-0.25, -0.2) is 0 Å². The van der Waals surface area contributed by atoms with Gasteiger partial charge in [-0.3, -0.25) is 4.79 Å². The van der Waals surface area contributed by atoms with Crippen LogP contribution in [-0.2, 0) is 0 Å². The van der Waals surface area contributed by atoms with Crippen LogP contribution in [0.5, 0.6) is 0 Å². The number of nitrogens with one attached hydrogen (secondary N) is 1. The fraction of sp³-hybridized carbons (Fsp3) is 0.417. The topological polar surface area (TPSA) is 55.1 Å². The van der Waals surface area contributed by atoms with Gasteiger partial charge in [0.2, 0.25) is 0 Å². The Labute approximate surface area is 110 Å². The van der Waals surface area contributed by atoms with E-state index in [1.54, 1.807) is 18.2 Å². The Morgan fingerprint density at radius 2 is 2.12 bits per heavy atom. The summed E-state index contributed by atoms with van der Waals surface area (Å²) in [5, 5.41) is 3.77. The van der Waals surface area contributed by atoms with Gasteiger partial charge in [0.1, 0.15) is 0 Å². The minimum atomic E-state index is -0.197. The zero-order valence-corrected chi connectivity index (χ0v) is 10.8. The molecule has 3 nitrogen and oxygen atoms in total. The van der Waals surface area contributed by atoms with Gasteiger partial charge in [0.05, 0.1) is 10.6 Å². The van der Waals surface area contributed by atoms with Gasteiger partial charge in [-0.05, 0) is 37.6 Å². The number of hydrogen-bond acceptors (Lipinski definition) is 2. The first-order valence-corrected chi connectivity index (χ1v) is 6.25. The maximum Gasteiger partial charge on any atom is 0.252 e. The lowest BCUT2D eigenvalue weighted by Crippen LogP contribution is -2.34. The van der Waals surface area contributed by atoms with E-state index in [1.165, 1.54) is 0 Å². The van der Waals surface area contributed by atoms with E-state index in [-0.39, 0.29) is 11.3 Å². The number of halogens is 2. The van der Waals surface area contributed by atoms with Crippen LogP contribution in [0.25, 0.3) is 0 Å². The van der Waals surface area contributed by atoms with Crippen molar-refractivity contribution < 1.29 is 4.79 Å². The average Bonchev–Trinajstić information content (AvgIpc) is 3.10. The molecule has 1 saturated carbocycles. The first kappa shape index (κ1) is 12.7. The fourth-order valence-electron chi connectivity index (χ4n) is 1.66. The third-order valence-electron chi connectivity index (χ3n) is 3.19. The van der Waals surface area contributed by atoms with Gasteiger partial charge in [0.15, 0.2) is 0 Å². The molecule has 1 aliphatic rings. The third kappa shape index (κ3) is 2.92. The summed E-state index contributed by atoms with van der Waals surface area (Å²) in [6.45, 7) is 1.21. The van der Waals surface area contributed by atoms with E-state index in [0.29, 0.717) is 28.7 Å². The smallest absolute Gasteiger partial charge is 0.252 e. The summed E-state index contributed by atoms with van der Waals surface area (Å²) in [5.41, 5.74) is 6.17. The first-order chi connectivity index (χ1) is 8.06. The van der Waals surface area contributed by atoms with Crippen LogP contribution in [0, 0.1) is 5.41 Å². The molecular formula is C12H14Cl2N2O. The highest BCUT2D eigenvalue weighted by atomic mass is 35.5. The molecule has 0 unspecified atom stereocenters. The SMILES string of the molecule is NCC1(CNC(=O)c2cc(Cl)ccc2Cl)CC1. The van der Waals surface area contributed by atoms with E-state index >= 15 is 0 Å². The molecule has 0 atom stereocenters. The van der Waals surface area contributed by atoms with Crippen molar-refractivity contribution in [2.24, 2.45) is 11.1 Å². The van der Waals surface area contributed by atoms with Gasteiger partial charge in [-0.15, -0.1) is 0 Å². The van der Waals surface area contributed by atoms with Crippen LogP contribution >= 0.6 is 23.2 Å². The van der Waals surface area contributed by atoms with Crippen LogP contribution in [0.15, 0.2) is 18.2 Å². The van der Waals surface area contributed by atoms with Gasteiger partial charge >= 0.3 is 0 Å². The van der Waals surface area contributed by atoms with Crippen LogP contribution in [0.3, 0.4) is 0 Å². The average molecular weight is 273 g/mol. The second-order valence-corrected chi connectivity index (χ2v) is 5.35. The number of benzene rings is 1. The molecule has 5 heteroatoms. The van der Waals surface area contributed by atoms with Gasteiger partial charge in [-0.2, -0.15) is 0 Å². The Hall–Kier alpha value is -0.770.